The zero-order valence-corrected chi connectivity index (χ0v) is 9.37. The van der Waals surface area contributed by atoms with E-state index in [0.717, 1.165) is 4.90 Å². The topological polar surface area (TPSA) is 99.6 Å². The fraction of sp³-hybridized carbons (Fsp3) is 0.273. The highest BCUT2D eigenvalue weighted by Gasteiger charge is 2.35. The second-order valence-corrected chi connectivity index (χ2v) is 3.83. The Balaban J connectivity index is 2.25. The number of amides is 2. The van der Waals surface area contributed by atoms with Crippen molar-refractivity contribution in [2.45, 2.75) is 6.04 Å². The minimum atomic E-state index is -1.14. The normalized spacial score (nSPS) is 19.2. The van der Waals surface area contributed by atoms with E-state index in [9.17, 15) is 14.4 Å². The molecule has 0 aliphatic carbocycles. The van der Waals surface area contributed by atoms with Gasteiger partial charge >= 0.3 is 5.97 Å². The molecule has 0 saturated carbocycles. The summed E-state index contributed by atoms with van der Waals surface area (Å²) < 4.78 is 0. The van der Waals surface area contributed by atoms with Crippen LogP contribution in [0.2, 0.25) is 0 Å². The van der Waals surface area contributed by atoms with Crippen LogP contribution in [0.15, 0.2) is 24.5 Å². The molecule has 2 amide bonds. The van der Waals surface area contributed by atoms with Crippen molar-refractivity contribution >= 4 is 17.8 Å². The molecule has 0 radical (unpaired) electrons. The first-order valence-corrected chi connectivity index (χ1v) is 5.30. The van der Waals surface area contributed by atoms with Gasteiger partial charge in [0.15, 0.2) is 0 Å². The third kappa shape index (κ3) is 2.29. The van der Waals surface area contributed by atoms with Crippen molar-refractivity contribution in [3.63, 3.8) is 0 Å². The fourth-order valence-electron chi connectivity index (χ4n) is 1.74. The van der Waals surface area contributed by atoms with E-state index in [1.165, 1.54) is 24.5 Å². The van der Waals surface area contributed by atoms with E-state index in [1.54, 1.807) is 0 Å². The molecule has 2 N–H and O–H groups in total. The summed E-state index contributed by atoms with van der Waals surface area (Å²) in [7, 11) is 0. The summed E-state index contributed by atoms with van der Waals surface area (Å²) in [5, 5.41) is 11.5. The number of aromatic nitrogens is 1. The molecule has 1 aliphatic rings. The third-order valence-corrected chi connectivity index (χ3v) is 2.66. The molecule has 1 aliphatic heterocycles. The molecule has 7 heteroatoms. The fourth-order valence-corrected chi connectivity index (χ4v) is 1.74. The first-order chi connectivity index (χ1) is 8.59. The quantitative estimate of drug-likeness (QED) is 0.708. The maximum absolute atomic E-state index is 12.1. The number of carboxylic acids is 1. The third-order valence-electron chi connectivity index (χ3n) is 2.66. The Morgan fingerprint density at radius 2 is 2.06 bits per heavy atom. The molecule has 1 unspecified atom stereocenters. The zero-order chi connectivity index (χ0) is 13.1. The number of carbonyl (C=O) groups is 3. The van der Waals surface area contributed by atoms with Crippen LogP contribution < -0.4 is 5.32 Å². The molecule has 1 saturated heterocycles. The molecule has 1 atom stereocenters. The van der Waals surface area contributed by atoms with Crippen molar-refractivity contribution in [3.05, 3.63) is 30.1 Å². The summed E-state index contributed by atoms with van der Waals surface area (Å²) in [4.78, 5) is 39.3. The number of pyridine rings is 1. The van der Waals surface area contributed by atoms with Crippen molar-refractivity contribution in [1.82, 2.24) is 15.2 Å². The van der Waals surface area contributed by atoms with E-state index in [0.29, 0.717) is 5.56 Å². The summed E-state index contributed by atoms with van der Waals surface area (Å²) in [6, 6.07) is 1.92. The van der Waals surface area contributed by atoms with Crippen LogP contribution in [0.3, 0.4) is 0 Å². The Morgan fingerprint density at radius 3 is 2.67 bits per heavy atom. The molecule has 1 aromatic heterocycles. The number of carbonyl (C=O) groups excluding carboxylic acids is 2. The lowest BCUT2D eigenvalue weighted by atomic mass is 10.1. The second kappa shape index (κ2) is 4.82. The summed E-state index contributed by atoms with van der Waals surface area (Å²) in [6.07, 6.45) is 2.88. The Morgan fingerprint density at radius 1 is 1.39 bits per heavy atom. The number of nitrogens with zero attached hydrogens (tertiary/aromatic N) is 2. The number of aliphatic carboxylic acids is 1. The van der Waals surface area contributed by atoms with Crippen LogP contribution in [-0.4, -0.2) is 51.9 Å². The van der Waals surface area contributed by atoms with Crippen LogP contribution in [0, 0.1) is 0 Å². The van der Waals surface area contributed by atoms with E-state index < -0.39 is 17.9 Å². The van der Waals surface area contributed by atoms with Crippen LogP contribution in [0.4, 0.5) is 0 Å². The van der Waals surface area contributed by atoms with E-state index >= 15 is 0 Å². The maximum atomic E-state index is 12.1. The van der Waals surface area contributed by atoms with Gasteiger partial charge in [-0.2, -0.15) is 0 Å². The molecule has 18 heavy (non-hydrogen) atoms. The Bertz CT molecular complexity index is 488. The summed E-state index contributed by atoms with van der Waals surface area (Å²) in [5.74, 6) is -1.99. The monoisotopic (exact) mass is 249 g/mol. The van der Waals surface area contributed by atoms with Gasteiger partial charge in [-0.05, 0) is 12.1 Å². The molecule has 7 nitrogen and oxygen atoms in total. The van der Waals surface area contributed by atoms with Gasteiger partial charge in [0.25, 0.3) is 5.91 Å². The minimum Gasteiger partial charge on any atom is -0.480 e. The van der Waals surface area contributed by atoms with Crippen molar-refractivity contribution in [2.24, 2.45) is 0 Å². The summed E-state index contributed by atoms with van der Waals surface area (Å²) >= 11 is 0. The number of hydrogen-bond acceptors (Lipinski definition) is 4. The van der Waals surface area contributed by atoms with Gasteiger partial charge in [-0.3, -0.25) is 14.6 Å². The van der Waals surface area contributed by atoms with Gasteiger partial charge in [0.2, 0.25) is 5.91 Å². The predicted octanol–water partition coefficient (Wildman–Crippen LogP) is -0.893. The van der Waals surface area contributed by atoms with Gasteiger partial charge < -0.3 is 15.3 Å². The van der Waals surface area contributed by atoms with Gasteiger partial charge in [-0.1, -0.05) is 0 Å². The highest BCUT2D eigenvalue weighted by atomic mass is 16.4. The van der Waals surface area contributed by atoms with Crippen molar-refractivity contribution in [2.75, 3.05) is 13.1 Å². The molecule has 1 fully saturated rings. The molecule has 1 aromatic rings. The Hall–Kier alpha value is -2.44. The number of nitrogens with one attached hydrogen (secondary N) is 1. The second-order valence-electron chi connectivity index (χ2n) is 3.83. The molecule has 94 valence electrons. The first kappa shape index (κ1) is 12.0. The van der Waals surface area contributed by atoms with Gasteiger partial charge in [-0.25, -0.2) is 4.79 Å². The number of rotatable bonds is 2. The van der Waals surface area contributed by atoms with Crippen LogP contribution in [0.1, 0.15) is 10.4 Å². The average Bonchev–Trinajstić information content (AvgIpc) is 2.38. The van der Waals surface area contributed by atoms with Crippen molar-refractivity contribution in [3.8, 4) is 0 Å². The predicted molar refractivity (Wildman–Crippen MR) is 59.7 cm³/mol. The molecule has 0 spiro atoms. The number of piperazine rings is 1. The van der Waals surface area contributed by atoms with Crippen LogP contribution in [-0.2, 0) is 9.59 Å². The van der Waals surface area contributed by atoms with Gasteiger partial charge in [-0.15, -0.1) is 0 Å². The van der Waals surface area contributed by atoms with E-state index in [1.807, 2.05) is 0 Å². The van der Waals surface area contributed by atoms with E-state index in [2.05, 4.69) is 10.3 Å². The van der Waals surface area contributed by atoms with Crippen LogP contribution in [0.25, 0.3) is 0 Å². The highest BCUT2D eigenvalue weighted by molar-refractivity contribution is 5.99. The molecule has 0 aromatic carbocycles. The van der Waals surface area contributed by atoms with E-state index in [4.69, 9.17) is 5.11 Å². The minimum absolute atomic E-state index is 0.0784. The smallest absolute Gasteiger partial charge is 0.328 e. The molecule has 0 bridgehead atoms. The molecular formula is C11H11N3O4. The first-order valence-electron chi connectivity index (χ1n) is 5.30. The number of carboxylic acid groups (broad SMARTS) is 1. The van der Waals surface area contributed by atoms with Crippen molar-refractivity contribution in [1.29, 1.82) is 0 Å². The summed E-state index contributed by atoms with van der Waals surface area (Å²) in [5.41, 5.74) is 0.311. The SMILES string of the molecule is O=C1CN(C(=O)c2ccncc2)C(C(=O)O)CN1. The summed E-state index contributed by atoms with van der Waals surface area (Å²) in [6.45, 7) is -0.330. The Labute approximate surface area is 102 Å². The lowest BCUT2D eigenvalue weighted by Gasteiger charge is -2.32. The lowest BCUT2D eigenvalue weighted by Crippen LogP contribution is -2.59. The molecule has 2 rings (SSSR count). The standard InChI is InChI=1S/C11H11N3O4/c15-9-6-14(8(5-13-9)11(17)18)10(16)7-1-3-12-4-2-7/h1-4,8H,5-6H2,(H,13,15)(H,17,18). The van der Waals surface area contributed by atoms with Crippen LogP contribution >= 0.6 is 0 Å². The lowest BCUT2D eigenvalue weighted by molar-refractivity contribution is -0.144. The van der Waals surface area contributed by atoms with E-state index in [-0.39, 0.29) is 19.0 Å². The van der Waals surface area contributed by atoms with Gasteiger partial charge in [0.05, 0.1) is 0 Å². The van der Waals surface area contributed by atoms with Crippen molar-refractivity contribution < 1.29 is 19.5 Å². The zero-order valence-electron chi connectivity index (χ0n) is 9.37. The number of hydrogen-bond donors (Lipinski definition) is 2. The molecule has 2 heterocycles. The maximum Gasteiger partial charge on any atom is 0.328 e. The molecular weight excluding hydrogens is 238 g/mol. The highest BCUT2D eigenvalue weighted by Crippen LogP contribution is 2.10. The van der Waals surface area contributed by atoms with Crippen LogP contribution in [0.5, 0.6) is 0 Å². The average molecular weight is 249 g/mol. The van der Waals surface area contributed by atoms with Gasteiger partial charge in [0.1, 0.15) is 12.6 Å². The Kier molecular flexibility index (Phi) is 3.22. The largest absolute Gasteiger partial charge is 0.480 e. The van der Waals surface area contributed by atoms with Gasteiger partial charge in [0, 0.05) is 24.5 Å².